The van der Waals surface area contributed by atoms with Gasteiger partial charge in [-0.25, -0.2) is 46.5 Å². The monoisotopic (exact) mass is 583 g/mol. The Bertz CT molecular complexity index is 1780. The summed E-state index contributed by atoms with van der Waals surface area (Å²) in [4.78, 5) is 20.9. The number of sulfonamides is 1. The molecule has 0 spiro atoms. The van der Waals surface area contributed by atoms with Crippen molar-refractivity contribution >= 4 is 38.8 Å². The molecule has 204 valence electrons. The smallest absolute Gasteiger partial charge is 0.267 e. The van der Waals surface area contributed by atoms with Crippen molar-refractivity contribution in [1.82, 2.24) is 24.9 Å². The van der Waals surface area contributed by atoms with E-state index in [9.17, 15) is 21.6 Å². The summed E-state index contributed by atoms with van der Waals surface area (Å²) in [5, 5.41) is 3.75. The standard InChI is InChI=1S/C26H20F3N7O2S2/c1-14(2)25-35-22(23(39-25)19-8-11-31-26(33-19)34-21-9-10-30-13-32-21)15-6-7-16(27)20(12-15)36-40(37,38)24-17(28)4-3-5-18(24)29/h3-14,36H,1-2H3,(H,30,31,32,33,34). The van der Waals surface area contributed by atoms with Crippen molar-refractivity contribution in [3.05, 3.63) is 89.7 Å². The minimum Gasteiger partial charge on any atom is -0.309 e. The molecular formula is C26H20F3N7O2S2. The Labute approximate surface area is 231 Å². The van der Waals surface area contributed by atoms with E-state index in [-0.39, 0.29) is 11.9 Å². The molecule has 3 heterocycles. The molecule has 3 aromatic heterocycles. The molecule has 0 bridgehead atoms. The maximum atomic E-state index is 14.8. The number of benzene rings is 2. The van der Waals surface area contributed by atoms with Gasteiger partial charge in [0.05, 0.1) is 27.0 Å². The number of hydrogen-bond acceptors (Lipinski definition) is 9. The predicted molar refractivity (Wildman–Crippen MR) is 145 cm³/mol. The topological polar surface area (TPSA) is 123 Å². The van der Waals surface area contributed by atoms with Crippen molar-refractivity contribution < 1.29 is 21.6 Å². The number of halogens is 3. The molecule has 5 rings (SSSR count). The Morgan fingerprint density at radius 3 is 2.38 bits per heavy atom. The molecule has 0 radical (unpaired) electrons. The number of rotatable bonds is 8. The molecule has 14 heteroatoms. The molecule has 9 nitrogen and oxygen atoms in total. The lowest BCUT2D eigenvalue weighted by atomic mass is 10.1. The second-order valence-electron chi connectivity index (χ2n) is 8.72. The molecular weight excluding hydrogens is 563 g/mol. The van der Waals surface area contributed by atoms with E-state index in [1.807, 2.05) is 18.6 Å². The molecule has 2 aromatic carbocycles. The summed E-state index contributed by atoms with van der Waals surface area (Å²) in [7, 11) is -4.80. The van der Waals surface area contributed by atoms with Crippen LogP contribution < -0.4 is 10.0 Å². The maximum Gasteiger partial charge on any atom is 0.267 e. The van der Waals surface area contributed by atoms with E-state index in [0.29, 0.717) is 27.6 Å². The number of thiazole rings is 1. The van der Waals surface area contributed by atoms with E-state index in [0.717, 1.165) is 29.3 Å². The molecule has 0 atom stereocenters. The molecule has 0 saturated carbocycles. The second kappa shape index (κ2) is 11.0. The number of nitrogens with zero attached hydrogens (tertiary/aromatic N) is 5. The summed E-state index contributed by atoms with van der Waals surface area (Å²) in [5.74, 6) is -2.75. The Balaban J connectivity index is 1.55. The summed E-state index contributed by atoms with van der Waals surface area (Å²) >= 11 is 1.37. The van der Waals surface area contributed by atoms with E-state index in [1.54, 1.807) is 24.5 Å². The lowest BCUT2D eigenvalue weighted by Crippen LogP contribution is -2.17. The van der Waals surface area contributed by atoms with Crippen LogP contribution in [-0.2, 0) is 10.0 Å². The maximum absolute atomic E-state index is 14.8. The van der Waals surface area contributed by atoms with Gasteiger partial charge in [0.2, 0.25) is 5.95 Å². The third kappa shape index (κ3) is 5.62. The molecule has 0 amide bonds. The van der Waals surface area contributed by atoms with Crippen LogP contribution in [0.5, 0.6) is 0 Å². The fourth-order valence-corrected chi connectivity index (χ4v) is 5.92. The van der Waals surface area contributed by atoms with E-state index in [1.165, 1.54) is 29.8 Å². The summed E-state index contributed by atoms with van der Waals surface area (Å²) in [6.07, 6.45) is 4.50. The first-order valence-corrected chi connectivity index (χ1v) is 14.1. The lowest BCUT2D eigenvalue weighted by Gasteiger charge is -2.12. The van der Waals surface area contributed by atoms with Gasteiger partial charge in [0, 0.05) is 23.9 Å². The summed E-state index contributed by atoms with van der Waals surface area (Å²) < 4.78 is 70.8. The van der Waals surface area contributed by atoms with Crippen molar-refractivity contribution in [1.29, 1.82) is 0 Å². The molecule has 5 aromatic rings. The first kappa shape index (κ1) is 27.1. The minimum absolute atomic E-state index is 0.0420. The second-order valence-corrected chi connectivity index (χ2v) is 11.4. The number of aromatic nitrogens is 5. The largest absolute Gasteiger partial charge is 0.309 e. The minimum atomic E-state index is -4.80. The highest BCUT2D eigenvalue weighted by atomic mass is 32.2. The van der Waals surface area contributed by atoms with Crippen LogP contribution in [0.4, 0.5) is 30.6 Å². The van der Waals surface area contributed by atoms with Gasteiger partial charge < -0.3 is 5.32 Å². The summed E-state index contributed by atoms with van der Waals surface area (Å²) in [5.41, 5.74) is 0.776. The summed E-state index contributed by atoms with van der Waals surface area (Å²) in [6, 6.07) is 9.66. The number of hydrogen-bond donors (Lipinski definition) is 2. The van der Waals surface area contributed by atoms with Gasteiger partial charge in [-0.15, -0.1) is 11.3 Å². The Kier molecular flexibility index (Phi) is 7.45. The van der Waals surface area contributed by atoms with Crippen LogP contribution in [0.25, 0.3) is 21.8 Å². The number of nitrogens with one attached hydrogen (secondary N) is 2. The van der Waals surface area contributed by atoms with Crippen LogP contribution in [0.2, 0.25) is 0 Å². The van der Waals surface area contributed by atoms with Crippen molar-refractivity contribution in [3.8, 4) is 21.8 Å². The average molecular weight is 584 g/mol. The van der Waals surface area contributed by atoms with Crippen LogP contribution in [0.3, 0.4) is 0 Å². The molecule has 0 unspecified atom stereocenters. The van der Waals surface area contributed by atoms with E-state index in [4.69, 9.17) is 4.98 Å². The molecule has 0 aliphatic heterocycles. The zero-order valence-electron chi connectivity index (χ0n) is 20.9. The molecule has 0 aliphatic carbocycles. The fraction of sp³-hybridized carbons (Fsp3) is 0.115. The van der Waals surface area contributed by atoms with Crippen molar-refractivity contribution in [2.75, 3.05) is 10.0 Å². The van der Waals surface area contributed by atoms with E-state index >= 15 is 0 Å². The highest BCUT2D eigenvalue weighted by Gasteiger charge is 2.26. The first-order chi connectivity index (χ1) is 19.1. The first-order valence-electron chi connectivity index (χ1n) is 11.8. The van der Waals surface area contributed by atoms with Crippen LogP contribution in [0.1, 0.15) is 24.8 Å². The third-order valence-corrected chi connectivity index (χ3v) is 8.31. The van der Waals surface area contributed by atoms with Gasteiger partial charge in [0.15, 0.2) is 4.90 Å². The van der Waals surface area contributed by atoms with Gasteiger partial charge >= 0.3 is 0 Å². The molecule has 40 heavy (non-hydrogen) atoms. The van der Waals surface area contributed by atoms with Gasteiger partial charge in [-0.2, -0.15) is 0 Å². The van der Waals surface area contributed by atoms with E-state index in [2.05, 4.69) is 25.3 Å². The Hall–Kier alpha value is -4.43. The van der Waals surface area contributed by atoms with Gasteiger partial charge in [0.25, 0.3) is 10.0 Å². The average Bonchev–Trinajstić information content (AvgIpc) is 3.36. The van der Waals surface area contributed by atoms with Crippen molar-refractivity contribution in [2.24, 2.45) is 0 Å². The SMILES string of the molecule is CC(C)c1nc(-c2ccc(F)c(NS(=O)(=O)c3c(F)cccc3F)c2)c(-c2ccnc(Nc3ccncn3)n2)s1. The van der Waals surface area contributed by atoms with Gasteiger partial charge in [-0.05, 0) is 42.5 Å². The molecule has 0 saturated heterocycles. The van der Waals surface area contributed by atoms with Gasteiger partial charge in [-0.3, -0.25) is 4.72 Å². The zero-order valence-corrected chi connectivity index (χ0v) is 22.6. The normalized spacial score (nSPS) is 11.6. The van der Waals surface area contributed by atoms with Crippen LogP contribution in [0.15, 0.2) is 72.1 Å². The zero-order chi connectivity index (χ0) is 28.4. The molecule has 2 N–H and O–H groups in total. The lowest BCUT2D eigenvalue weighted by molar-refractivity contribution is 0.521. The van der Waals surface area contributed by atoms with Gasteiger partial charge in [-0.1, -0.05) is 19.9 Å². The highest BCUT2D eigenvalue weighted by Crippen LogP contribution is 2.40. The molecule has 0 aliphatic rings. The van der Waals surface area contributed by atoms with Gasteiger partial charge in [0.1, 0.15) is 29.6 Å². The van der Waals surface area contributed by atoms with E-state index < -0.39 is 38.1 Å². The number of anilines is 3. The Morgan fingerprint density at radius 2 is 1.68 bits per heavy atom. The summed E-state index contributed by atoms with van der Waals surface area (Å²) in [6.45, 7) is 3.92. The van der Waals surface area contributed by atoms with Crippen LogP contribution >= 0.6 is 11.3 Å². The fourth-order valence-electron chi connectivity index (χ4n) is 3.66. The van der Waals surface area contributed by atoms with Crippen LogP contribution in [-0.4, -0.2) is 33.3 Å². The van der Waals surface area contributed by atoms with Crippen LogP contribution in [0, 0.1) is 17.5 Å². The molecule has 0 fully saturated rings. The third-order valence-electron chi connectivity index (χ3n) is 5.52. The van der Waals surface area contributed by atoms with Crippen molar-refractivity contribution in [3.63, 3.8) is 0 Å². The quantitative estimate of drug-likeness (QED) is 0.223. The Morgan fingerprint density at radius 1 is 0.900 bits per heavy atom. The predicted octanol–water partition coefficient (Wildman–Crippen LogP) is 6.14. The highest BCUT2D eigenvalue weighted by molar-refractivity contribution is 7.92. The van der Waals surface area contributed by atoms with Crippen molar-refractivity contribution in [2.45, 2.75) is 24.7 Å².